The molecule has 29 heavy (non-hydrogen) atoms. The van der Waals surface area contributed by atoms with Gasteiger partial charge < -0.3 is 29.3 Å². The number of methoxy groups -OCH3 is 1. The third-order valence-corrected chi connectivity index (χ3v) is 4.41. The molecule has 0 bridgehead atoms. The van der Waals surface area contributed by atoms with Crippen LogP contribution in [0.1, 0.15) is 53.6 Å². The van der Waals surface area contributed by atoms with Gasteiger partial charge in [0.1, 0.15) is 11.9 Å². The Hall–Kier alpha value is -3.69. The van der Waals surface area contributed by atoms with Gasteiger partial charge in [0.05, 0.1) is 12.7 Å². The predicted octanol–water partition coefficient (Wildman–Crippen LogP) is 3.62. The van der Waals surface area contributed by atoms with Crippen molar-refractivity contribution in [3.63, 3.8) is 0 Å². The number of aromatic carboxylic acids is 1. The number of phenolic OH excluding ortho intramolecular Hbond substituents is 1. The van der Waals surface area contributed by atoms with Crippen molar-refractivity contribution >= 4 is 5.97 Å². The SMILES string of the molecule is CCCC(O[N+](=O)[O-])c1c(C(=O)O)cc(O)c2c1OC(c1ccc(OC)cc1)O2. The average molecular weight is 405 g/mol. The zero-order chi connectivity index (χ0) is 21.1. The minimum Gasteiger partial charge on any atom is -0.504 e. The van der Waals surface area contributed by atoms with Crippen LogP contribution < -0.4 is 14.2 Å². The maximum absolute atomic E-state index is 11.7. The summed E-state index contributed by atoms with van der Waals surface area (Å²) < 4.78 is 16.6. The summed E-state index contributed by atoms with van der Waals surface area (Å²) >= 11 is 0. The first-order chi connectivity index (χ1) is 13.8. The van der Waals surface area contributed by atoms with Crippen LogP contribution in [-0.4, -0.2) is 28.4 Å². The molecule has 154 valence electrons. The number of hydrogen-bond acceptors (Lipinski definition) is 8. The number of carbonyl (C=O) groups is 1. The van der Waals surface area contributed by atoms with Crippen molar-refractivity contribution in [2.24, 2.45) is 0 Å². The maximum Gasteiger partial charge on any atom is 0.336 e. The first-order valence-electron chi connectivity index (χ1n) is 8.77. The van der Waals surface area contributed by atoms with Crippen molar-refractivity contribution in [3.8, 4) is 23.0 Å². The van der Waals surface area contributed by atoms with Crippen molar-refractivity contribution in [2.45, 2.75) is 32.2 Å². The highest BCUT2D eigenvalue weighted by molar-refractivity contribution is 5.92. The van der Waals surface area contributed by atoms with Crippen LogP contribution in [0, 0.1) is 10.1 Å². The van der Waals surface area contributed by atoms with Crippen molar-refractivity contribution in [1.82, 2.24) is 0 Å². The molecular formula is C19H19NO9. The molecule has 0 saturated heterocycles. The number of carboxylic acid groups (broad SMARTS) is 1. The summed E-state index contributed by atoms with van der Waals surface area (Å²) in [4.78, 5) is 27.4. The third kappa shape index (κ3) is 3.96. The molecule has 0 aromatic heterocycles. The molecule has 1 aliphatic rings. The monoisotopic (exact) mass is 405 g/mol. The van der Waals surface area contributed by atoms with Crippen LogP contribution in [0.15, 0.2) is 30.3 Å². The number of hydrogen-bond donors (Lipinski definition) is 2. The normalized spacial score (nSPS) is 15.6. The molecule has 1 aliphatic heterocycles. The molecule has 0 saturated carbocycles. The molecule has 2 atom stereocenters. The molecule has 0 radical (unpaired) electrons. The molecule has 10 nitrogen and oxygen atoms in total. The van der Waals surface area contributed by atoms with E-state index in [-0.39, 0.29) is 29.0 Å². The van der Waals surface area contributed by atoms with Gasteiger partial charge >= 0.3 is 5.97 Å². The van der Waals surface area contributed by atoms with Crippen molar-refractivity contribution in [2.75, 3.05) is 7.11 Å². The minimum absolute atomic E-state index is 0.0557. The lowest BCUT2D eigenvalue weighted by Crippen LogP contribution is -2.15. The average Bonchev–Trinajstić information content (AvgIpc) is 3.13. The lowest BCUT2D eigenvalue weighted by molar-refractivity contribution is -0.771. The fraction of sp³-hybridized carbons (Fsp3) is 0.316. The summed E-state index contributed by atoms with van der Waals surface area (Å²) in [5.74, 6) is -1.41. The van der Waals surface area contributed by atoms with Crippen LogP contribution in [0.5, 0.6) is 23.0 Å². The Balaban J connectivity index is 2.07. The van der Waals surface area contributed by atoms with Gasteiger partial charge in [-0.05, 0) is 36.8 Å². The lowest BCUT2D eigenvalue weighted by Gasteiger charge is -2.19. The molecule has 0 amide bonds. The zero-order valence-corrected chi connectivity index (χ0v) is 15.7. The highest BCUT2D eigenvalue weighted by Crippen LogP contribution is 2.52. The predicted molar refractivity (Wildman–Crippen MR) is 97.8 cm³/mol. The second-order valence-electron chi connectivity index (χ2n) is 6.27. The molecule has 2 aromatic carbocycles. The van der Waals surface area contributed by atoms with Crippen LogP contribution in [-0.2, 0) is 4.84 Å². The lowest BCUT2D eigenvalue weighted by atomic mass is 9.97. The molecule has 10 heteroatoms. The van der Waals surface area contributed by atoms with Crippen LogP contribution in [0.3, 0.4) is 0 Å². The smallest absolute Gasteiger partial charge is 0.336 e. The Morgan fingerprint density at radius 2 is 1.93 bits per heavy atom. The van der Waals surface area contributed by atoms with Crippen LogP contribution in [0.2, 0.25) is 0 Å². The van der Waals surface area contributed by atoms with Crippen LogP contribution >= 0.6 is 0 Å². The van der Waals surface area contributed by atoms with Gasteiger partial charge in [-0.15, -0.1) is 10.1 Å². The molecule has 3 rings (SSSR count). The number of phenols is 1. The van der Waals surface area contributed by atoms with Gasteiger partial charge in [-0.25, -0.2) is 4.79 Å². The molecule has 2 unspecified atom stereocenters. The van der Waals surface area contributed by atoms with Gasteiger partial charge in [0.15, 0.2) is 11.5 Å². The summed E-state index contributed by atoms with van der Waals surface area (Å²) in [6.45, 7) is 1.77. The van der Waals surface area contributed by atoms with E-state index in [1.54, 1.807) is 31.2 Å². The second kappa shape index (κ2) is 8.13. The van der Waals surface area contributed by atoms with Gasteiger partial charge in [0.2, 0.25) is 5.75 Å². The highest BCUT2D eigenvalue weighted by atomic mass is 17.0. The van der Waals surface area contributed by atoms with E-state index < -0.39 is 29.2 Å². The van der Waals surface area contributed by atoms with E-state index in [0.29, 0.717) is 17.7 Å². The van der Waals surface area contributed by atoms with Gasteiger partial charge in [-0.1, -0.05) is 13.3 Å². The zero-order valence-electron chi connectivity index (χ0n) is 15.7. The highest BCUT2D eigenvalue weighted by Gasteiger charge is 2.37. The molecule has 2 aromatic rings. The fourth-order valence-corrected chi connectivity index (χ4v) is 3.12. The number of aromatic hydroxyl groups is 1. The van der Waals surface area contributed by atoms with Crippen molar-refractivity contribution in [3.05, 3.63) is 57.1 Å². The Morgan fingerprint density at radius 1 is 1.28 bits per heavy atom. The number of fused-ring (bicyclic) bond motifs is 1. The van der Waals surface area contributed by atoms with Crippen LogP contribution in [0.4, 0.5) is 0 Å². The summed E-state index contributed by atoms with van der Waals surface area (Å²) in [6.07, 6.45) is -1.54. The Bertz CT molecular complexity index is 926. The first-order valence-corrected chi connectivity index (χ1v) is 8.77. The number of rotatable bonds is 8. The molecule has 0 fully saturated rings. The molecule has 2 N–H and O–H groups in total. The summed E-state index contributed by atoms with van der Waals surface area (Å²) in [5, 5.41) is 29.8. The second-order valence-corrected chi connectivity index (χ2v) is 6.27. The number of ether oxygens (including phenoxy) is 3. The standard InChI is InChI=1S/C19H19NO9/c1-3-4-14(29-20(24)25)15-12(18(22)23)9-13(21)16-17(15)28-19(27-16)10-5-7-11(26-2)8-6-10/h5-9,14,19,21H,3-4H2,1-2H3,(H,22,23). The van der Waals surface area contributed by atoms with Gasteiger partial charge in [0, 0.05) is 11.1 Å². The maximum atomic E-state index is 11.7. The fourth-order valence-electron chi connectivity index (χ4n) is 3.12. The van der Waals surface area contributed by atoms with E-state index >= 15 is 0 Å². The Labute approximate surface area is 165 Å². The number of carboxylic acids is 1. The topological polar surface area (TPSA) is 138 Å². The van der Waals surface area contributed by atoms with Crippen LogP contribution in [0.25, 0.3) is 0 Å². The minimum atomic E-state index is -1.39. The number of nitrogens with zero attached hydrogens (tertiary/aromatic N) is 1. The molecule has 0 aliphatic carbocycles. The largest absolute Gasteiger partial charge is 0.504 e. The van der Waals surface area contributed by atoms with Gasteiger partial charge in [-0.3, -0.25) is 0 Å². The quantitative estimate of drug-likeness (QED) is 0.498. The molecular weight excluding hydrogens is 386 g/mol. The van der Waals surface area contributed by atoms with Crippen molar-refractivity contribution < 1.29 is 39.1 Å². The summed E-state index contributed by atoms with van der Waals surface area (Å²) in [7, 11) is 1.52. The van der Waals surface area contributed by atoms with Crippen molar-refractivity contribution in [1.29, 1.82) is 0 Å². The third-order valence-electron chi connectivity index (χ3n) is 4.41. The van der Waals surface area contributed by atoms with E-state index in [2.05, 4.69) is 0 Å². The number of benzene rings is 2. The van der Waals surface area contributed by atoms with E-state index in [4.69, 9.17) is 19.0 Å². The summed E-state index contributed by atoms with van der Waals surface area (Å²) in [5.41, 5.74) is 0.159. The van der Waals surface area contributed by atoms with E-state index in [1.165, 1.54) is 7.11 Å². The van der Waals surface area contributed by atoms with E-state index in [9.17, 15) is 25.1 Å². The summed E-state index contributed by atoms with van der Waals surface area (Å²) in [6, 6.07) is 7.71. The Kier molecular flexibility index (Phi) is 5.62. The van der Waals surface area contributed by atoms with Gasteiger partial charge in [0.25, 0.3) is 11.4 Å². The van der Waals surface area contributed by atoms with Gasteiger partial charge in [-0.2, -0.15) is 0 Å². The van der Waals surface area contributed by atoms with E-state index in [0.717, 1.165) is 6.07 Å². The molecule has 0 spiro atoms. The van der Waals surface area contributed by atoms with E-state index in [1.807, 2.05) is 0 Å². The first kappa shape index (κ1) is 20.1. The Morgan fingerprint density at radius 3 is 2.48 bits per heavy atom. The molecule has 1 heterocycles.